The van der Waals surface area contributed by atoms with E-state index in [0.717, 1.165) is 29.4 Å². The quantitative estimate of drug-likeness (QED) is 0.255. The van der Waals surface area contributed by atoms with Crippen molar-refractivity contribution in [2.24, 2.45) is 16.7 Å². The molecule has 4 rings (SSSR count). The summed E-state index contributed by atoms with van der Waals surface area (Å²) in [7, 11) is 1.56. The Morgan fingerprint density at radius 1 is 1.24 bits per heavy atom. The van der Waals surface area contributed by atoms with E-state index in [-0.39, 0.29) is 11.7 Å². The second kappa shape index (κ2) is 7.76. The average molecular weight is 393 g/mol. The molecular formula is C19H23N9O. The summed E-state index contributed by atoms with van der Waals surface area (Å²) in [5, 5.41) is 12.1. The van der Waals surface area contributed by atoms with Gasteiger partial charge in [0.2, 0.25) is 0 Å². The monoisotopic (exact) mass is 393 g/mol. The third kappa shape index (κ3) is 3.97. The van der Waals surface area contributed by atoms with E-state index in [1.807, 2.05) is 18.3 Å². The van der Waals surface area contributed by atoms with Gasteiger partial charge >= 0.3 is 0 Å². The van der Waals surface area contributed by atoms with Crippen molar-refractivity contribution in [1.82, 2.24) is 19.7 Å². The van der Waals surface area contributed by atoms with Crippen molar-refractivity contribution in [2.45, 2.75) is 12.8 Å². The molecule has 1 fully saturated rings. The predicted molar refractivity (Wildman–Crippen MR) is 112 cm³/mol. The van der Waals surface area contributed by atoms with Crippen molar-refractivity contribution in [3.05, 3.63) is 54.1 Å². The molecule has 3 aromatic heterocycles. The molecule has 1 aliphatic heterocycles. The van der Waals surface area contributed by atoms with Gasteiger partial charge in [-0.1, -0.05) is 0 Å². The summed E-state index contributed by atoms with van der Waals surface area (Å²) in [6, 6.07) is 7.41. The van der Waals surface area contributed by atoms with Gasteiger partial charge in [-0.2, -0.15) is 5.10 Å². The van der Waals surface area contributed by atoms with Gasteiger partial charge in [0.15, 0.2) is 5.84 Å². The van der Waals surface area contributed by atoms with Crippen LogP contribution in [-0.2, 0) is 0 Å². The number of hydrazone groups is 1. The summed E-state index contributed by atoms with van der Waals surface area (Å²) in [4.78, 5) is 19.3. The molecule has 1 amide bonds. The van der Waals surface area contributed by atoms with Crippen LogP contribution in [0.3, 0.4) is 0 Å². The van der Waals surface area contributed by atoms with E-state index in [0.29, 0.717) is 16.9 Å². The number of pyridine rings is 2. The molecule has 0 saturated carbocycles. The zero-order valence-electron chi connectivity index (χ0n) is 16.1. The molecule has 10 nitrogen and oxygen atoms in total. The number of nitrogens with zero attached hydrogens (tertiary/aromatic N) is 6. The average Bonchev–Trinajstić information content (AvgIpc) is 3.37. The minimum atomic E-state index is -0.253. The van der Waals surface area contributed by atoms with Gasteiger partial charge in [-0.3, -0.25) is 9.78 Å². The van der Waals surface area contributed by atoms with Crippen molar-refractivity contribution in [3.8, 4) is 0 Å². The molecule has 0 bridgehead atoms. The summed E-state index contributed by atoms with van der Waals surface area (Å²) in [5.74, 6) is 5.38. The van der Waals surface area contributed by atoms with Crippen LogP contribution in [0.15, 0.2) is 48.0 Å². The summed E-state index contributed by atoms with van der Waals surface area (Å²) < 4.78 is 1.70. The first kappa shape index (κ1) is 18.7. The van der Waals surface area contributed by atoms with E-state index < -0.39 is 0 Å². The highest BCUT2D eigenvalue weighted by Crippen LogP contribution is 2.23. The smallest absolute Gasteiger partial charge is 0.259 e. The van der Waals surface area contributed by atoms with Gasteiger partial charge < -0.3 is 16.0 Å². The lowest BCUT2D eigenvalue weighted by molar-refractivity contribution is 0.102. The number of anilines is 2. The lowest BCUT2D eigenvalue weighted by Gasteiger charge is -2.17. The highest BCUT2D eigenvalue weighted by Gasteiger charge is 2.17. The maximum atomic E-state index is 12.8. The van der Waals surface area contributed by atoms with E-state index >= 15 is 0 Å². The van der Waals surface area contributed by atoms with E-state index in [1.165, 1.54) is 19.0 Å². The molecule has 4 heterocycles. The normalized spacial score (nSPS) is 14.4. The second-order valence-electron chi connectivity index (χ2n) is 6.91. The van der Waals surface area contributed by atoms with Crippen LogP contribution in [0.2, 0.25) is 0 Å². The molecule has 3 aromatic rings. The molecule has 0 spiro atoms. The van der Waals surface area contributed by atoms with Crippen molar-refractivity contribution in [3.63, 3.8) is 0 Å². The number of carbonyl (C=O) groups is 1. The van der Waals surface area contributed by atoms with Crippen LogP contribution in [0.5, 0.6) is 0 Å². The zero-order chi connectivity index (χ0) is 20.4. The van der Waals surface area contributed by atoms with E-state index in [2.05, 4.69) is 25.4 Å². The van der Waals surface area contributed by atoms with Gasteiger partial charge in [-0.05, 0) is 37.1 Å². The lowest BCUT2D eigenvalue weighted by Crippen LogP contribution is -2.26. The number of amidine groups is 1. The zero-order valence-corrected chi connectivity index (χ0v) is 16.1. The van der Waals surface area contributed by atoms with Gasteiger partial charge in [0.05, 0.1) is 29.2 Å². The third-order valence-electron chi connectivity index (χ3n) is 4.77. The molecular weight excluding hydrogens is 370 g/mol. The van der Waals surface area contributed by atoms with Crippen LogP contribution >= 0.6 is 0 Å². The molecule has 0 unspecified atom stereocenters. The van der Waals surface area contributed by atoms with Crippen LogP contribution in [0.4, 0.5) is 11.4 Å². The summed E-state index contributed by atoms with van der Waals surface area (Å²) >= 11 is 0. The Labute approximate surface area is 167 Å². The lowest BCUT2D eigenvalue weighted by atomic mass is 10.2. The molecule has 0 atom stereocenters. The number of aromatic nitrogens is 3. The molecule has 0 radical (unpaired) electrons. The van der Waals surface area contributed by atoms with Gasteiger partial charge in [0.1, 0.15) is 5.69 Å². The molecule has 150 valence electrons. The molecule has 0 aliphatic carbocycles. The molecule has 0 aromatic carbocycles. The van der Waals surface area contributed by atoms with Crippen LogP contribution in [0, 0.1) is 0 Å². The van der Waals surface area contributed by atoms with Crippen LogP contribution < -0.4 is 21.8 Å². The van der Waals surface area contributed by atoms with E-state index in [4.69, 9.17) is 11.6 Å². The maximum absolute atomic E-state index is 12.8. The fourth-order valence-electron chi connectivity index (χ4n) is 3.36. The number of rotatable bonds is 5. The highest BCUT2D eigenvalue weighted by atomic mass is 16.1. The Balaban J connectivity index is 1.54. The Kier molecular flexibility index (Phi) is 5.00. The number of hydrogen-bond acceptors (Lipinski definition) is 7. The van der Waals surface area contributed by atoms with E-state index in [9.17, 15) is 4.79 Å². The predicted octanol–water partition coefficient (Wildman–Crippen LogP) is 1.01. The SMILES string of the molecule is CN(N)/N=C(\N)c1ccc(NC(=O)c2cnn3ccc(N4CCCC4)cc23)cn1. The number of nitrogens with one attached hydrogen (secondary N) is 1. The van der Waals surface area contributed by atoms with Crippen LogP contribution in [0.1, 0.15) is 28.9 Å². The minimum absolute atomic E-state index is 0.185. The summed E-state index contributed by atoms with van der Waals surface area (Å²) in [6.45, 7) is 2.08. The fraction of sp³-hybridized carbons (Fsp3) is 0.263. The van der Waals surface area contributed by atoms with Crippen molar-refractivity contribution in [2.75, 3.05) is 30.4 Å². The van der Waals surface area contributed by atoms with Gasteiger partial charge in [0, 0.05) is 32.0 Å². The first-order valence-corrected chi connectivity index (χ1v) is 9.34. The molecule has 5 N–H and O–H groups in total. The van der Waals surface area contributed by atoms with Crippen molar-refractivity contribution in [1.29, 1.82) is 0 Å². The molecule has 1 aliphatic rings. The molecule has 10 heteroatoms. The Bertz CT molecular complexity index is 1050. The number of hydrogen-bond donors (Lipinski definition) is 3. The number of carbonyl (C=O) groups excluding carboxylic acids is 1. The van der Waals surface area contributed by atoms with Crippen LogP contribution in [-0.4, -0.2) is 51.6 Å². The third-order valence-corrected chi connectivity index (χ3v) is 4.77. The molecule has 1 saturated heterocycles. The standard InChI is InChI=1S/C19H23N9O/c1-26(21)25-18(20)16-5-4-13(11-22-16)24-19(29)15-12-23-28-9-6-14(10-17(15)28)27-7-2-3-8-27/h4-6,9-12H,2-3,7-8,21H2,1H3,(H2,20,25)(H,24,29). The van der Waals surface area contributed by atoms with Crippen LogP contribution in [0.25, 0.3) is 5.52 Å². The van der Waals surface area contributed by atoms with Gasteiger partial charge in [-0.15, -0.1) is 5.10 Å². The summed E-state index contributed by atoms with van der Waals surface area (Å²) in [5.41, 5.74) is 9.19. The Morgan fingerprint density at radius 3 is 2.72 bits per heavy atom. The minimum Gasteiger partial charge on any atom is -0.380 e. The largest absolute Gasteiger partial charge is 0.380 e. The number of hydrazine groups is 1. The van der Waals surface area contributed by atoms with Gasteiger partial charge in [0.25, 0.3) is 5.91 Å². The maximum Gasteiger partial charge on any atom is 0.259 e. The fourth-order valence-corrected chi connectivity index (χ4v) is 3.36. The second-order valence-corrected chi connectivity index (χ2v) is 6.91. The number of fused-ring (bicyclic) bond motifs is 1. The first-order chi connectivity index (χ1) is 14.0. The van der Waals surface area contributed by atoms with Crippen molar-refractivity contribution < 1.29 is 4.79 Å². The topological polar surface area (TPSA) is 130 Å². The van der Waals surface area contributed by atoms with Crippen molar-refractivity contribution >= 4 is 28.6 Å². The first-order valence-electron chi connectivity index (χ1n) is 9.34. The summed E-state index contributed by atoms with van der Waals surface area (Å²) in [6.07, 6.45) is 7.36. The highest BCUT2D eigenvalue weighted by molar-refractivity contribution is 6.09. The number of amides is 1. The Morgan fingerprint density at radius 2 is 2.03 bits per heavy atom. The van der Waals surface area contributed by atoms with E-state index in [1.54, 1.807) is 29.9 Å². The number of nitrogens with two attached hydrogens (primary N) is 2. The Hall–Kier alpha value is -3.66. The van der Waals surface area contributed by atoms with Gasteiger partial charge in [-0.25, -0.2) is 15.5 Å². The molecule has 29 heavy (non-hydrogen) atoms.